The van der Waals surface area contributed by atoms with Gasteiger partial charge in [-0.25, -0.2) is 4.39 Å². The number of rotatable bonds is 3. The molecule has 4 nitrogen and oxygen atoms in total. The van der Waals surface area contributed by atoms with Crippen molar-refractivity contribution < 1.29 is 9.13 Å². The minimum atomic E-state index is -0.254. The van der Waals surface area contributed by atoms with Gasteiger partial charge in [0.2, 0.25) is 0 Å². The van der Waals surface area contributed by atoms with E-state index in [1.54, 1.807) is 36.5 Å². The van der Waals surface area contributed by atoms with E-state index in [9.17, 15) is 4.39 Å². The molecule has 1 aliphatic rings. The van der Waals surface area contributed by atoms with Crippen LogP contribution >= 0.6 is 0 Å². The molecule has 0 unspecified atom stereocenters. The van der Waals surface area contributed by atoms with Crippen LogP contribution in [0.15, 0.2) is 47.5 Å². The maximum Gasteiger partial charge on any atom is 0.147 e. The SMILES string of the molecule is N#Cc1ccc(N=Cc2ccc(N3CCOCC3)c(F)c2)cc1. The molecule has 1 heterocycles. The monoisotopic (exact) mass is 309 g/mol. The second-order valence-electron chi connectivity index (χ2n) is 5.23. The van der Waals surface area contributed by atoms with Gasteiger partial charge >= 0.3 is 0 Å². The van der Waals surface area contributed by atoms with Crippen LogP contribution in [0.2, 0.25) is 0 Å². The van der Waals surface area contributed by atoms with E-state index < -0.39 is 0 Å². The lowest BCUT2D eigenvalue weighted by Gasteiger charge is -2.29. The Balaban J connectivity index is 1.74. The minimum Gasteiger partial charge on any atom is -0.378 e. The van der Waals surface area contributed by atoms with Crippen molar-refractivity contribution in [3.63, 3.8) is 0 Å². The maximum atomic E-state index is 14.3. The van der Waals surface area contributed by atoms with E-state index in [4.69, 9.17) is 10.00 Å². The van der Waals surface area contributed by atoms with E-state index in [2.05, 4.69) is 11.1 Å². The molecule has 1 fully saturated rings. The van der Waals surface area contributed by atoms with E-state index in [0.29, 0.717) is 43.1 Å². The average Bonchev–Trinajstić information content (AvgIpc) is 2.61. The molecule has 0 spiro atoms. The molecule has 0 aromatic heterocycles. The van der Waals surface area contributed by atoms with Crippen molar-refractivity contribution in [2.45, 2.75) is 0 Å². The number of ether oxygens (including phenoxy) is 1. The Hall–Kier alpha value is -2.71. The average molecular weight is 309 g/mol. The summed E-state index contributed by atoms with van der Waals surface area (Å²) in [6.45, 7) is 2.66. The smallest absolute Gasteiger partial charge is 0.147 e. The van der Waals surface area contributed by atoms with Gasteiger partial charge in [0, 0.05) is 19.3 Å². The summed E-state index contributed by atoms with van der Waals surface area (Å²) in [6, 6.07) is 14.1. The quantitative estimate of drug-likeness (QED) is 0.818. The third-order valence-electron chi connectivity index (χ3n) is 3.68. The summed E-state index contributed by atoms with van der Waals surface area (Å²) >= 11 is 0. The molecular weight excluding hydrogens is 293 g/mol. The van der Waals surface area contributed by atoms with Crippen LogP contribution in [0.4, 0.5) is 15.8 Å². The highest BCUT2D eigenvalue weighted by Gasteiger charge is 2.14. The van der Waals surface area contributed by atoms with Gasteiger partial charge < -0.3 is 9.64 Å². The zero-order chi connectivity index (χ0) is 16.1. The van der Waals surface area contributed by atoms with Crippen molar-refractivity contribution >= 4 is 17.6 Å². The Labute approximate surface area is 134 Å². The Morgan fingerprint density at radius 3 is 2.52 bits per heavy atom. The molecule has 2 aromatic rings. The molecule has 0 saturated carbocycles. The fourth-order valence-electron chi connectivity index (χ4n) is 2.44. The van der Waals surface area contributed by atoms with Gasteiger partial charge in [0.15, 0.2) is 0 Å². The number of hydrogen-bond donors (Lipinski definition) is 0. The molecule has 0 N–H and O–H groups in total. The lowest BCUT2D eigenvalue weighted by Crippen LogP contribution is -2.36. The first-order valence-electron chi connectivity index (χ1n) is 7.43. The molecule has 0 radical (unpaired) electrons. The number of aliphatic imine (C=N–C) groups is 1. The Bertz CT molecular complexity index is 744. The standard InChI is InChI=1S/C18H16FN3O/c19-17-11-15(3-6-18(17)22-7-9-23-10-8-22)13-21-16-4-1-14(12-20)2-5-16/h1-6,11,13H,7-10H2. The van der Waals surface area contributed by atoms with Crippen LogP contribution in [0, 0.1) is 17.1 Å². The molecule has 0 atom stereocenters. The summed E-state index contributed by atoms with van der Waals surface area (Å²) in [7, 11) is 0. The van der Waals surface area contributed by atoms with Gasteiger partial charge in [0.05, 0.1) is 36.2 Å². The van der Waals surface area contributed by atoms with Crippen molar-refractivity contribution in [1.82, 2.24) is 0 Å². The van der Waals surface area contributed by atoms with Gasteiger partial charge in [-0.1, -0.05) is 6.07 Å². The van der Waals surface area contributed by atoms with E-state index in [1.165, 1.54) is 6.07 Å². The summed E-state index contributed by atoms with van der Waals surface area (Å²) in [6.07, 6.45) is 1.62. The minimum absolute atomic E-state index is 0.254. The van der Waals surface area contributed by atoms with Crippen LogP contribution in [-0.2, 0) is 4.74 Å². The molecule has 0 amide bonds. The first-order valence-corrected chi connectivity index (χ1v) is 7.43. The van der Waals surface area contributed by atoms with Gasteiger partial charge in [-0.05, 0) is 42.0 Å². The summed E-state index contributed by atoms with van der Waals surface area (Å²) in [5.74, 6) is -0.254. The van der Waals surface area contributed by atoms with Crippen LogP contribution in [0.25, 0.3) is 0 Å². The highest BCUT2D eigenvalue weighted by atomic mass is 19.1. The molecule has 116 valence electrons. The van der Waals surface area contributed by atoms with Crippen molar-refractivity contribution in [3.8, 4) is 6.07 Å². The van der Waals surface area contributed by atoms with Crippen LogP contribution in [0.3, 0.4) is 0 Å². The van der Waals surface area contributed by atoms with Crippen LogP contribution in [-0.4, -0.2) is 32.5 Å². The number of nitrogens with zero attached hydrogens (tertiary/aromatic N) is 3. The van der Waals surface area contributed by atoms with Crippen LogP contribution in [0.1, 0.15) is 11.1 Å². The number of anilines is 1. The zero-order valence-corrected chi connectivity index (χ0v) is 12.6. The number of nitriles is 1. The number of hydrogen-bond acceptors (Lipinski definition) is 4. The summed E-state index contributed by atoms with van der Waals surface area (Å²) in [5.41, 5.74) is 2.61. The number of benzene rings is 2. The molecule has 2 aromatic carbocycles. The van der Waals surface area contributed by atoms with E-state index >= 15 is 0 Å². The van der Waals surface area contributed by atoms with Crippen LogP contribution in [0.5, 0.6) is 0 Å². The molecule has 0 aliphatic carbocycles. The second kappa shape index (κ2) is 7.03. The zero-order valence-electron chi connectivity index (χ0n) is 12.6. The highest BCUT2D eigenvalue weighted by molar-refractivity contribution is 5.82. The first-order chi connectivity index (χ1) is 11.3. The normalized spacial score (nSPS) is 14.9. The second-order valence-corrected chi connectivity index (χ2v) is 5.23. The highest BCUT2D eigenvalue weighted by Crippen LogP contribution is 2.21. The van der Waals surface area contributed by atoms with Gasteiger partial charge in [-0.15, -0.1) is 0 Å². The summed E-state index contributed by atoms with van der Waals surface area (Å²) in [5, 5.41) is 8.76. The fraction of sp³-hybridized carbons (Fsp3) is 0.222. The van der Waals surface area contributed by atoms with Gasteiger partial charge in [0.1, 0.15) is 5.82 Å². The Morgan fingerprint density at radius 2 is 1.87 bits per heavy atom. The van der Waals surface area contributed by atoms with Crippen molar-refractivity contribution in [1.29, 1.82) is 5.26 Å². The summed E-state index contributed by atoms with van der Waals surface area (Å²) in [4.78, 5) is 6.29. The molecule has 1 saturated heterocycles. The van der Waals surface area contributed by atoms with Crippen molar-refractivity contribution in [2.24, 2.45) is 4.99 Å². The van der Waals surface area contributed by atoms with Crippen molar-refractivity contribution in [3.05, 3.63) is 59.4 Å². The lowest BCUT2D eigenvalue weighted by atomic mass is 10.2. The van der Waals surface area contributed by atoms with Crippen molar-refractivity contribution in [2.75, 3.05) is 31.2 Å². The lowest BCUT2D eigenvalue weighted by molar-refractivity contribution is 0.122. The molecule has 1 aliphatic heterocycles. The van der Waals surface area contributed by atoms with E-state index in [-0.39, 0.29) is 5.82 Å². The molecule has 5 heteroatoms. The molecule has 3 rings (SSSR count). The van der Waals surface area contributed by atoms with E-state index in [0.717, 1.165) is 5.69 Å². The molecular formula is C18H16FN3O. The van der Waals surface area contributed by atoms with Gasteiger partial charge in [-0.2, -0.15) is 5.26 Å². The Morgan fingerprint density at radius 1 is 1.13 bits per heavy atom. The predicted octanol–water partition coefficient (Wildman–Crippen LogP) is 3.28. The van der Waals surface area contributed by atoms with Gasteiger partial charge in [0.25, 0.3) is 0 Å². The van der Waals surface area contributed by atoms with Gasteiger partial charge in [-0.3, -0.25) is 4.99 Å². The topological polar surface area (TPSA) is 48.6 Å². The first kappa shape index (κ1) is 15.2. The summed E-state index contributed by atoms with van der Waals surface area (Å²) < 4.78 is 19.6. The van der Waals surface area contributed by atoms with E-state index in [1.807, 2.05) is 11.0 Å². The maximum absolute atomic E-state index is 14.3. The van der Waals surface area contributed by atoms with Crippen LogP contribution < -0.4 is 4.90 Å². The number of morpholine rings is 1. The predicted molar refractivity (Wildman–Crippen MR) is 87.8 cm³/mol. The third kappa shape index (κ3) is 3.74. The third-order valence-corrected chi connectivity index (χ3v) is 3.68. The number of halogens is 1. The fourth-order valence-corrected chi connectivity index (χ4v) is 2.44. The Kier molecular flexibility index (Phi) is 4.65. The largest absolute Gasteiger partial charge is 0.378 e. The molecule has 0 bridgehead atoms. The molecule has 23 heavy (non-hydrogen) atoms.